The van der Waals surface area contributed by atoms with Crippen LogP contribution in [0, 0.1) is 0 Å². The zero-order valence-corrected chi connectivity index (χ0v) is 16.8. The Kier molecular flexibility index (Phi) is 7.35. The fourth-order valence-corrected chi connectivity index (χ4v) is 3.10. The van der Waals surface area contributed by atoms with Crippen LogP contribution in [0.25, 0.3) is 12.2 Å². The minimum Gasteiger partial charge on any atom is -0.516 e. The monoisotopic (exact) mass is 414 g/mol. The molecule has 1 aliphatic heterocycles. The molecular formula is C23H26O7. The van der Waals surface area contributed by atoms with E-state index in [9.17, 15) is 10.2 Å². The van der Waals surface area contributed by atoms with Crippen LogP contribution in [0.1, 0.15) is 17.5 Å². The second-order valence-electron chi connectivity index (χ2n) is 6.85. The normalized spacial score (nSPS) is 24.3. The number of methoxy groups -OCH3 is 2. The van der Waals surface area contributed by atoms with E-state index in [0.29, 0.717) is 17.2 Å². The first-order chi connectivity index (χ1) is 14.5. The fourth-order valence-electron chi connectivity index (χ4n) is 3.10. The molecule has 3 N–H and O–H groups in total. The maximum atomic E-state index is 10.1. The molecule has 0 saturated carbocycles. The maximum Gasteiger partial charge on any atom is 0.226 e. The first-order valence-corrected chi connectivity index (χ1v) is 9.52. The van der Waals surface area contributed by atoms with Crippen LogP contribution in [0.2, 0.25) is 0 Å². The summed E-state index contributed by atoms with van der Waals surface area (Å²) in [4.78, 5) is 0. The Morgan fingerprint density at radius 3 is 2.10 bits per heavy atom. The molecule has 1 heterocycles. The van der Waals surface area contributed by atoms with Crippen molar-refractivity contribution in [1.29, 1.82) is 0 Å². The van der Waals surface area contributed by atoms with Crippen LogP contribution in [0.4, 0.5) is 0 Å². The van der Waals surface area contributed by atoms with Gasteiger partial charge in [0.05, 0.1) is 26.6 Å². The molecule has 7 nitrogen and oxygen atoms in total. The third-order valence-electron chi connectivity index (χ3n) is 4.72. The van der Waals surface area contributed by atoms with E-state index in [2.05, 4.69) is 0 Å². The van der Waals surface area contributed by atoms with Gasteiger partial charge in [0.25, 0.3) is 0 Å². The second-order valence-corrected chi connectivity index (χ2v) is 6.85. The van der Waals surface area contributed by atoms with Crippen LogP contribution in [-0.2, 0) is 4.74 Å². The molecule has 160 valence electrons. The Labute approximate surface area is 175 Å². The number of aliphatic hydroxyl groups excluding tert-OH is 3. The van der Waals surface area contributed by atoms with Gasteiger partial charge in [0.1, 0.15) is 29.5 Å². The van der Waals surface area contributed by atoms with Crippen LogP contribution in [0.3, 0.4) is 0 Å². The zero-order chi connectivity index (χ0) is 21.5. The summed E-state index contributed by atoms with van der Waals surface area (Å²) in [5.41, 5.74) is 1.89. The van der Waals surface area contributed by atoms with Crippen molar-refractivity contribution in [3.63, 3.8) is 0 Å². The van der Waals surface area contributed by atoms with Crippen LogP contribution in [0.5, 0.6) is 17.2 Å². The van der Waals surface area contributed by atoms with Crippen molar-refractivity contribution in [1.82, 2.24) is 0 Å². The van der Waals surface area contributed by atoms with E-state index >= 15 is 0 Å². The molecule has 1 fully saturated rings. The molecule has 2 aromatic rings. The van der Waals surface area contributed by atoms with E-state index in [1.54, 1.807) is 26.4 Å². The van der Waals surface area contributed by atoms with Crippen LogP contribution < -0.4 is 14.2 Å². The highest BCUT2D eigenvalue weighted by molar-refractivity contribution is 5.71. The Morgan fingerprint density at radius 2 is 1.50 bits per heavy atom. The molecule has 7 heteroatoms. The summed E-state index contributed by atoms with van der Waals surface area (Å²) in [5, 5.41) is 28.9. The van der Waals surface area contributed by atoms with E-state index < -0.39 is 24.6 Å². The van der Waals surface area contributed by atoms with Gasteiger partial charge in [-0.2, -0.15) is 0 Å². The molecule has 0 bridgehead atoms. The predicted octanol–water partition coefficient (Wildman–Crippen LogP) is 3.16. The highest BCUT2D eigenvalue weighted by atomic mass is 16.7. The van der Waals surface area contributed by atoms with Gasteiger partial charge in [-0.25, -0.2) is 0 Å². The number of hydrogen-bond acceptors (Lipinski definition) is 7. The summed E-state index contributed by atoms with van der Waals surface area (Å²) in [6.07, 6.45) is 2.52. The van der Waals surface area contributed by atoms with Crippen LogP contribution >= 0.6 is 0 Å². The van der Waals surface area contributed by atoms with Crippen molar-refractivity contribution in [3.05, 3.63) is 65.9 Å². The van der Waals surface area contributed by atoms with Gasteiger partial charge in [0.2, 0.25) is 6.29 Å². The molecule has 30 heavy (non-hydrogen) atoms. The largest absolute Gasteiger partial charge is 0.516 e. The summed E-state index contributed by atoms with van der Waals surface area (Å²) in [6.45, 7) is 0. The molecule has 0 aromatic heterocycles. The quantitative estimate of drug-likeness (QED) is 0.473. The highest BCUT2D eigenvalue weighted by Gasteiger charge is 2.36. The van der Waals surface area contributed by atoms with Crippen molar-refractivity contribution in [2.45, 2.75) is 31.0 Å². The Balaban J connectivity index is 1.66. The molecule has 0 spiro atoms. The van der Waals surface area contributed by atoms with Gasteiger partial charge in [-0.3, -0.25) is 0 Å². The average molecular weight is 414 g/mol. The van der Waals surface area contributed by atoms with Crippen molar-refractivity contribution < 1.29 is 34.3 Å². The molecule has 1 aliphatic rings. The molecule has 1 unspecified atom stereocenters. The summed E-state index contributed by atoms with van der Waals surface area (Å²) < 4.78 is 21.8. The Bertz CT molecular complexity index is 853. The number of aliphatic hydroxyl groups is 3. The smallest absolute Gasteiger partial charge is 0.226 e. The van der Waals surface area contributed by atoms with E-state index in [4.69, 9.17) is 24.1 Å². The van der Waals surface area contributed by atoms with Gasteiger partial charge < -0.3 is 34.3 Å². The van der Waals surface area contributed by atoms with Crippen LogP contribution in [0.15, 0.2) is 54.8 Å². The molecular weight excluding hydrogens is 388 g/mol. The molecule has 3 rings (SSSR count). The number of hydrogen-bond donors (Lipinski definition) is 3. The van der Waals surface area contributed by atoms with Gasteiger partial charge in [0.15, 0.2) is 0 Å². The van der Waals surface area contributed by atoms with Gasteiger partial charge in [-0.05, 0) is 41.5 Å². The Hall–Kier alpha value is -3.00. The third kappa shape index (κ3) is 5.54. The number of ether oxygens (including phenoxy) is 4. The van der Waals surface area contributed by atoms with E-state index in [0.717, 1.165) is 17.4 Å². The van der Waals surface area contributed by atoms with E-state index in [-0.39, 0.29) is 6.42 Å². The molecule has 2 aromatic carbocycles. The number of benzene rings is 2. The van der Waals surface area contributed by atoms with Gasteiger partial charge in [-0.15, -0.1) is 0 Å². The fraction of sp³-hybridized carbons (Fsp3) is 0.304. The third-order valence-corrected chi connectivity index (χ3v) is 4.72. The SMILES string of the molecule is COc1cc(/C=C/c2ccc(OC3O[C@H](C=CO)[C@@H](O)C[C@H]3O)cc2)cc(OC)c1. The molecule has 0 aliphatic carbocycles. The highest BCUT2D eigenvalue weighted by Crippen LogP contribution is 2.26. The molecule has 1 saturated heterocycles. The van der Waals surface area contributed by atoms with Crippen molar-refractivity contribution in [3.8, 4) is 17.2 Å². The lowest BCUT2D eigenvalue weighted by molar-refractivity contribution is -0.221. The minimum absolute atomic E-state index is 0.0878. The lowest BCUT2D eigenvalue weighted by Gasteiger charge is -2.35. The average Bonchev–Trinajstić information content (AvgIpc) is 2.76. The first kappa shape index (κ1) is 21.7. The minimum atomic E-state index is -0.981. The Morgan fingerprint density at radius 1 is 0.867 bits per heavy atom. The second kappa shape index (κ2) is 10.2. The van der Waals surface area contributed by atoms with E-state index in [1.165, 1.54) is 6.08 Å². The van der Waals surface area contributed by atoms with Gasteiger partial charge in [0, 0.05) is 12.5 Å². The lowest BCUT2D eigenvalue weighted by Crippen LogP contribution is -2.48. The summed E-state index contributed by atoms with van der Waals surface area (Å²) >= 11 is 0. The maximum absolute atomic E-state index is 10.1. The predicted molar refractivity (Wildman–Crippen MR) is 113 cm³/mol. The molecule has 4 atom stereocenters. The van der Waals surface area contributed by atoms with Crippen molar-refractivity contribution in [2.24, 2.45) is 0 Å². The number of rotatable bonds is 7. The van der Waals surface area contributed by atoms with Crippen molar-refractivity contribution >= 4 is 12.2 Å². The lowest BCUT2D eigenvalue weighted by atomic mass is 10.0. The topological polar surface area (TPSA) is 97.6 Å². The summed E-state index contributed by atoms with van der Waals surface area (Å²) in [6, 6.07) is 12.9. The van der Waals surface area contributed by atoms with Crippen LogP contribution in [-0.4, -0.2) is 54.1 Å². The van der Waals surface area contributed by atoms with Gasteiger partial charge in [-0.1, -0.05) is 24.3 Å². The van der Waals surface area contributed by atoms with Gasteiger partial charge >= 0.3 is 0 Å². The molecule has 0 radical (unpaired) electrons. The van der Waals surface area contributed by atoms with Crippen molar-refractivity contribution in [2.75, 3.05) is 14.2 Å². The summed E-state index contributed by atoms with van der Waals surface area (Å²) in [7, 11) is 3.22. The first-order valence-electron chi connectivity index (χ1n) is 9.52. The standard InChI is InChI=1S/C23H26O7/c1-27-18-11-16(12-19(13-18)28-2)4-3-15-5-7-17(8-6-15)29-23-21(26)14-20(25)22(30-23)9-10-24/h3-13,20-26H,14H2,1-2H3/b4-3+,10-9?/t20-,21+,22+,23?/m0/s1. The molecule has 0 amide bonds. The zero-order valence-electron chi connectivity index (χ0n) is 16.8. The van der Waals surface area contributed by atoms with E-state index in [1.807, 2.05) is 42.5 Å². The summed E-state index contributed by atoms with van der Waals surface area (Å²) in [5.74, 6) is 1.94.